The predicted octanol–water partition coefficient (Wildman–Crippen LogP) is 2.28. The number of benzene rings is 2. The van der Waals surface area contributed by atoms with Gasteiger partial charge in [0.1, 0.15) is 24.2 Å². The number of nitrogens with one attached hydrogen (secondary N) is 1. The Bertz CT molecular complexity index is 569. The van der Waals surface area contributed by atoms with E-state index in [2.05, 4.69) is 5.32 Å². The summed E-state index contributed by atoms with van der Waals surface area (Å²) in [5.74, 6) is 0.946. The van der Waals surface area contributed by atoms with Gasteiger partial charge in [-0.2, -0.15) is 0 Å². The van der Waals surface area contributed by atoms with E-state index in [1.807, 2.05) is 38.1 Å². The van der Waals surface area contributed by atoms with Gasteiger partial charge in [-0.15, -0.1) is 0 Å². The van der Waals surface area contributed by atoms with Gasteiger partial charge in [-0.25, -0.2) is 0 Å². The van der Waals surface area contributed by atoms with Gasteiger partial charge in [0.25, 0.3) is 0 Å². The Morgan fingerprint density at radius 2 is 2.00 bits per heavy atom. The number of aliphatic hydroxyl groups is 1. The van der Waals surface area contributed by atoms with Crippen LogP contribution in [0.5, 0.6) is 11.5 Å². The molecule has 0 bridgehead atoms. The second kappa shape index (κ2) is 6.59. The molecule has 0 saturated heterocycles. The molecule has 4 nitrogen and oxygen atoms in total. The Labute approximate surface area is 119 Å². The molecule has 108 valence electrons. The van der Waals surface area contributed by atoms with Crippen LogP contribution in [-0.4, -0.2) is 35.5 Å². The normalized spacial score (nSPS) is 12.8. The maximum absolute atomic E-state index is 9.85. The highest BCUT2D eigenvalue weighted by atomic mass is 16.5. The molecule has 4 heteroatoms. The van der Waals surface area contributed by atoms with E-state index in [0.717, 1.165) is 10.8 Å². The minimum atomic E-state index is -0.551. The zero-order valence-corrected chi connectivity index (χ0v) is 11.8. The molecule has 0 aromatic heterocycles. The number of aromatic hydroxyl groups is 1. The maximum atomic E-state index is 9.85. The van der Waals surface area contributed by atoms with Crippen LogP contribution in [0.4, 0.5) is 0 Å². The lowest BCUT2D eigenvalue weighted by atomic mass is 10.1. The van der Waals surface area contributed by atoms with Crippen LogP contribution >= 0.6 is 0 Å². The van der Waals surface area contributed by atoms with Crippen LogP contribution in [0.3, 0.4) is 0 Å². The fraction of sp³-hybridized carbons (Fsp3) is 0.375. The number of phenols is 1. The Balaban J connectivity index is 2.03. The van der Waals surface area contributed by atoms with Gasteiger partial charge in [-0.3, -0.25) is 0 Å². The molecule has 1 atom stereocenters. The Hall–Kier alpha value is -1.78. The highest BCUT2D eigenvalue weighted by Gasteiger charge is 2.08. The first-order chi connectivity index (χ1) is 9.56. The monoisotopic (exact) mass is 275 g/mol. The number of aliphatic hydroxyl groups excluding tert-OH is 1. The molecule has 2 aromatic carbocycles. The summed E-state index contributed by atoms with van der Waals surface area (Å²) < 4.78 is 5.68. The second-order valence-corrected chi connectivity index (χ2v) is 5.19. The van der Waals surface area contributed by atoms with Crippen molar-refractivity contribution in [1.82, 2.24) is 5.32 Å². The summed E-state index contributed by atoms with van der Waals surface area (Å²) in [4.78, 5) is 0. The molecular weight excluding hydrogens is 254 g/mol. The van der Waals surface area contributed by atoms with Gasteiger partial charge in [0, 0.05) is 18.0 Å². The number of ether oxygens (including phenoxy) is 1. The minimum absolute atomic E-state index is 0.232. The average molecular weight is 275 g/mol. The second-order valence-electron chi connectivity index (χ2n) is 5.19. The molecule has 2 aromatic rings. The molecule has 2 rings (SSSR count). The van der Waals surface area contributed by atoms with E-state index in [9.17, 15) is 10.2 Å². The summed E-state index contributed by atoms with van der Waals surface area (Å²) >= 11 is 0. The number of phenolic OH excluding ortho intramolecular Hbond substituents is 1. The molecule has 0 aliphatic rings. The van der Waals surface area contributed by atoms with Crippen molar-refractivity contribution in [3.8, 4) is 11.5 Å². The van der Waals surface area contributed by atoms with Crippen LogP contribution in [0.2, 0.25) is 0 Å². The van der Waals surface area contributed by atoms with Crippen LogP contribution in [-0.2, 0) is 0 Å². The summed E-state index contributed by atoms with van der Waals surface area (Å²) in [5.41, 5.74) is 0. The topological polar surface area (TPSA) is 61.7 Å². The Morgan fingerprint density at radius 3 is 2.75 bits per heavy atom. The van der Waals surface area contributed by atoms with E-state index in [-0.39, 0.29) is 12.4 Å². The molecule has 0 amide bonds. The van der Waals surface area contributed by atoms with E-state index < -0.39 is 6.10 Å². The number of rotatable bonds is 6. The van der Waals surface area contributed by atoms with Gasteiger partial charge < -0.3 is 20.3 Å². The number of hydrogen-bond acceptors (Lipinski definition) is 4. The first-order valence-electron chi connectivity index (χ1n) is 6.82. The van der Waals surface area contributed by atoms with Crippen LogP contribution in [0.1, 0.15) is 13.8 Å². The molecular formula is C16H21NO3. The van der Waals surface area contributed by atoms with E-state index in [1.54, 1.807) is 12.1 Å². The van der Waals surface area contributed by atoms with E-state index >= 15 is 0 Å². The fourth-order valence-electron chi connectivity index (χ4n) is 1.98. The highest BCUT2D eigenvalue weighted by molar-refractivity contribution is 5.89. The predicted molar refractivity (Wildman–Crippen MR) is 80.3 cm³/mol. The van der Waals surface area contributed by atoms with Crippen molar-refractivity contribution in [3.05, 3.63) is 36.4 Å². The minimum Gasteiger partial charge on any atom is -0.508 e. The van der Waals surface area contributed by atoms with E-state index in [4.69, 9.17) is 4.74 Å². The molecule has 0 aliphatic carbocycles. The standard InChI is InChI=1S/C16H21NO3/c1-11(2)17-9-14(19)10-20-16-5-3-4-12-8-13(18)6-7-15(12)16/h3-8,11,14,17-19H,9-10H2,1-2H3/t14-/m1/s1. The smallest absolute Gasteiger partial charge is 0.127 e. The largest absolute Gasteiger partial charge is 0.508 e. The van der Waals surface area contributed by atoms with Crippen LogP contribution in [0, 0.1) is 0 Å². The molecule has 0 saturated carbocycles. The lowest BCUT2D eigenvalue weighted by Crippen LogP contribution is -2.35. The molecule has 0 spiro atoms. The molecule has 0 heterocycles. The van der Waals surface area contributed by atoms with Crippen LogP contribution < -0.4 is 10.1 Å². The Morgan fingerprint density at radius 1 is 1.20 bits per heavy atom. The van der Waals surface area contributed by atoms with Gasteiger partial charge in [0.05, 0.1) is 0 Å². The lowest BCUT2D eigenvalue weighted by molar-refractivity contribution is 0.105. The number of fused-ring (bicyclic) bond motifs is 1. The van der Waals surface area contributed by atoms with Crippen molar-refractivity contribution >= 4 is 10.8 Å². The quantitative estimate of drug-likeness (QED) is 0.757. The van der Waals surface area contributed by atoms with Gasteiger partial charge in [-0.05, 0) is 29.7 Å². The summed E-state index contributed by atoms with van der Waals surface area (Å²) in [6, 6.07) is 11.1. The van der Waals surface area contributed by atoms with E-state index in [0.29, 0.717) is 18.3 Å². The third-order valence-corrected chi connectivity index (χ3v) is 3.02. The molecule has 0 aliphatic heterocycles. The van der Waals surface area contributed by atoms with Crippen molar-refractivity contribution in [2.75, 3.05) is 13.2 Å². The van der Waals surface area contributed by atoms with Gasteiger partial charge in [0.2, 0.25) is 0 Å². The van der Waals surface area contributed by atoms with Gasteiger partial charge in [-0.1, -0.05) is 26.0 Å². The molecule has 0 radical (unpaired) electrons. The third kappa shape index (κ3) is 3.85. The first kappa shape index (κ1) is 14.6. The fourth-order valence-corrected chi connectivity index (χ4v) is 1.98. The molecule has 0 fully saturated rings. The molecule has 20 heavy (non-hydrogen) atoms. The first-order valence-corrected chi connectivity index (χ1v) is 6.82. The number of hydrogen-bond donors (Lipinski definition) is 3. The third-order valence-electron chi connectivity index (χ3n) is 3.02. The summed E-state index contributed by atoms with van der Waals surface area (Å²) in [5, 5.41) is 24.3. The summed E-state index contributed by atoms with van der Waals surface area (Å²) in [6.45, 7) is 4.80. The van der Waals surface area contributed by atoms with Gasteiger partial charge >= 0.3 is 0 Å². The van der Waals surface area contributed by atoms with Crippen molar-refractivity contribution in [2.45, 2.75) is 26.0 Å². The highest BCUT2D eigenvalue weighted by Crippen LogP contribution is 2.28. The average Bonchev–Trinajstić information content (AvgIpc) is 2.42. The summed E-state index contributed by atoms with van der Waals surface area (Å²) in [6.07, 6.45) is -0.551. The SMILES string of the molecule is CC(C)NC[C@@H](O)COc1cccc2cc(O)ccc12. The molecule has 3 N–H and O–H groups in total. The zero-order valence-electron chi connectivity index (χ0n) is 11.8. The van der Waals surface area contributed by atoms with Crippen molar-refractivity contribution < 1.29 is 14.9 Å². The zero-order chi connectivity index (χ0) is 14.5. The maximum Gasteiger partial charge on any atom is 0.127 e. The van der Waals surface area contributed by atoms with Crippen molar-refractivity contribution in [2.24, 2.45) is 0 Å². The van der Waals surface area contributed by atoms with Gasteiger partial charge in [0.15, 0.2) is 0 Å². The van der Waals surface area contributed by atoms with Crippen molar-refractivity contribution in [1.29, 1.82) is 0 Å². The Kier molecular flexibility index (Phi) is 4.82. The molecule has 0 unspecified atom stereocenters. The summed E-state index contributed by atoms with van der Waals surface area (Å²) in [7, 11) is 0. The van der Waals surface area contributed by atoms with Crippen molar-refractivity contribution in [3.63, 3.8) is 0 Å². The van der Waals surface area contributed by atoms with Crippen LogP contribution in [0.15, 0.2) is 36.4 Å². The lowest BCUT2D eigenvalue weighted by Gasteiger charge is -2.16. The van der Waals surface area contributed by atoms with E-state index in [1.165, 1.54) is 0 Å². The van der Waals surface area contributed by atoms with Crippen LogP contribution in [0.25, 0.3) is 10.8 Å².